The fraction of sp³-hybridized carbons (Fsp3) is 0.455. The van der Waals surface area contributed by atoms with Crippen LogP contribution in [0.25, 0.3) is 0 Å². The average Bonchev–Trinajstić information content (AvgIpc) is 2.90. The van der Waals surface area contributed by atoms with Crippen LogP contribution in [0.5, 0.6) is 0 Å². The van der Waals surface area contributed by atoms with Gasteiger partial charge in [0.1, 0.15) is 12.2 Å². The van der Waals surface area contributed by atoms with Gasteiger partial charge in [-0.05, 0) is 35.4 Å². The highest BCUT2D eigenvalue weighted by Gasteiger charge is 1.99. The van der Waals surface area contributed by atoms with E-state index in [4.69, 9.17) is 0 Å². The Morgan fingerprint density at radius 3 is 2.94 bits per heavy atom. The second kappa shape index (κ2) is 5.77. The first-order valence-electron chi connectivity index (χ1n) is 5.41. The summed E-state index contributed by atoms with van der Waals surface area (Å²) in [6.45, 7) is 1.98. The van der Waals surface area contributed by atoms with Gasteiger partial charge in [-0.25, -0.2) is 0 Å². The number of hydrogen-bond donors (Lipinski definition) is 1. The minimum atomic E-state index is 0.931. The molecule has 2 heterocycles. The molecule has 5 heteroatoms. The topological polar surface area (TPSA) is 42.7 Å². The average molecular weight is 236 g/mol. The molecule has 0 unspecified atom stereocenters. The number of nitrogens with zero attached hydrogens (tertiary/aromatic N) is 3. The van der Waals surface area contributed by atoms with Crippen molar-refractivity contribution in [2.75, 3.05) is 13.1 Å². The highest BCUT2D eigenvalue weighted by Crippen LogP contribution is 2.05. The molecular weight excluding hydrogens is 220 g/mol. The molecule has 1 N–H and O–H groups in total. The monoisotopic (exact) mass is 236 g/mol. The van der Waals surface area contributed by atoms with Crippen molar-refractivity contribution in [1.29, 1.82) is 0 Å². The van der Waals surface area contributed by atoms with Gasteiger partial charge in [-0.1, -0.05) is 0 Å². The van der Waals surface area contributed by atoms with Crippen LogP contribution in [0.4, 0.5) is 0 Å². The Bertz CT molecular complexity index is 407. The Kier molecular flexibility index (Phi) is 4.07. The molecule has 0 radical (unpaired) electrons. The molecule has 0 bridgehead atoms. The Balaban J connectivity index is 1.61. The summed E-state index contributed by atoms with van der Waals surface area (Å²) >= 11 is 1.75. The highest BCUT2D eigenvalue weighted by molar-refractivity contribution is 7.07. The van der Waals surface area contributed by atoms with Crippen LogP contribution in [-0.2, 0) is 19.9 Å². The van der Waals surface area contributed by atoms with E-state index in [9.17, 15) is 0 Å². The zero-order valence-electron chi connectivity index (χ0n) is 9.39. The molecule has 0 amide bonds. The van der Waals surface area contributed by atoms with E-state index in [2.05, 4.69) is 32.3 Å². The molecule has 0 saturated heterocycles. The Labute approximate surface area is 99.3 Å². The number of rotatable bonds is 6. The molecule has 0 saturated carbocycles. The molecule has 86 valence electrons. The van der Waals surface area contributed by atoms with Crippen molar-refractivity contribution in [2.24, 2.45) is 7.05 Å². The van der Waals surface area contributed by atoms with E-state index in [0.29, 0.717) is 0 Å². The maximum absolute atomic E-state index is 4.04. The standard InChI is InChI=1S/C11H16N4S/c1-15-9-13-14-11(15)3-6-12-5-2-10-4-7-16-8-10/h4,7-9,12H,2-3,5-6H2,1H3. The van der Waals surface area contributed by atoms with Crippen molar-refractivity contribution in [2.45, 2.75) is 12.8 Å². The lowest BCUT2D eigenvalue weighted by Crippen LogP contribution is -2.21. The number of aryl methyl sites for hydroxylation is 1. The molecule has 0 aliphatic rings. The number of hydrogen-bond acceptors (Lipinski definition) is 4. The van der Waals surface area contributed by atoms with Gasteiger partial charge in [0.2, 0.25) is 0 Å². The number of aromatic nitrogens is 3. The maximum Gasteiger partial charge on any atom is 0.133 e. The summed E-state index contributed by atoms with van der Waals surface area (Å²) in [4.78, 5) is 0. The zero-order chi connectivity index (χ0) is 11.2. The van der Waals surface area contributed by atoms with E-state index in [1.54, 1.807) is 17.7 Å². The minimum Gasteiger partial charge on any atom is -0.321 e. The van der Waals surface area contributed by atoms with Gasteiger partial charge >= 0.3 is 0 Å². The van der Waals surface area contributed by atoms with E-state index >= 15 is 0 Å². The normalized spacial score (nSPS) is 10.8. The van der Waals surface area contributed by atoms with E-state index in [0.717, 1.165) is 31.8 Å². The van der Waals surface area contributed by atoms with Crippen LogP contribution < -0.4 is 5.32 Å². The molecule has 0 spiro atoms. The van der Waals surface area contributed by atoms with Crippen LogP contribution in [0.3, 0.4) is 0 Å². The Hall–Kier alpha value is -1.20. The predicted octanol–water partition coefficient (Wildman–Crippen LogP) is 1.25. The molecule has 4 nitrogen and oxygen atoms in total. The second-order valence-electron chi connectivity index (χ2n) is 3.74. The molecule has 16 heavy (non-hydrogen) atoms. The van der Waals surface area contributed by atoms with Gasteiger partial charge in [0, 0.05) is 20.0 Å². The van der Waals surface area contributed by atoms with Crippen LogP contribution in [0.2, 0.25) is 0 Å². The summed E-state index contributed by atoms with van der Waals surface area (Å²) in [7, 11) is 1.97. The lowest BCUT2D eigenvalue weighted by molar-refractivity contribution is 0.652. The van der Waals surface area contributed by atoms with Crippen LogP contribution >= 0.6 is 11.3 Å². The minimum absolute atomic E-state index is 0.931. The van der Waals surface area contributed by atoms with Crippen molar-refractivity contribution >= 4 is 11.3 Å². The lowest BCUT2D eigenvalue weighted by atomic mass is 10.2. The molecule has 0 aliphatic carbocycles. The van der Waals surface area contributed by atoms with Crippen molar-refractivity contribution in [1.82, 2.24) is 20.1 Å². The van der Waals surface area contributed by atoms with Gasteiger partial charge in [-0.15, -0.1) is 10.2 Å². The lowest BCUT2D eigenvalue weighted by Gasteiger charge is -2.03. The van der Waals surface area contributed by atoms with Crippen LogP contribution in [0.1, 0.15) is 11.4 Å². The smallest absolute Gasteiger partial charge is 0.133 e. The Morgan fingerprint density at radius 2 is 2.25 bits per heavy atom. The van der Waals surface area contributed by atoms with Crippen molar-refractivity contribution in [3.63, 3.8) is 0 Å². The van der Waals surface area contributed by atoms with Crippen LogP contribution in [-0.4, -0.2) is 27.9 Å². The molecule has 0 aromatic carbocycles. The maximum atomic E-state index is 4.04. The van der Waals surface area contributed by atoms with Gasteiger partial charge in [0.25, 0.3) is 0 Å². The summed E-state index contributed by atoms with van der Waals surface area (Å²) < 4.78 is 1.96. The first-order chi connectivity index (χ1) is 7.86. The van der Waals surface area contributed by atoms with Gasteiger partial charge in [0.05, 0.1) is 0 Å². The molecule has 2 aromatic heterocycles. The molecular formula is C11H16N4S. The summed E-state index contributed by atoms with van der Waals surface area (Å²) in [5, 5.41) is 15.6. The summed E-state index contributed by atoms with van der Waals surface area (Å²) in [6, 6.07) is 2.18. The van der Waals surface area contributed by atoms with E-state index in [1.165, 1.54) is 5.56 Å². The van der Waals surface area contributed by atoms with Gasteiger partial charge < -0.3 is 9.88 Å². The summed E-state index contributed by atoms with van der Waals surface area (Å²) in [5.74, 6) is 1.03. The number of thiophene rings is 1. The van der Waals surface area contributed by atoms with Gasteiger partial charge in [-0.2, -0.15) is 11.3 Å². The number of nitrogens with one attached hydrogen (secondary N) is 1. The second-order valence-corrected chi connectivity index (χ2v) is 4.52. The fourth-order valence-electron chi connectivity index (χ4n) is 1.53. The van der Waals surface area contributed by atoms with E-state index in [-0.39, 0.29) is 0 Å². The van der Waals surface area contributed by atoms with E-state index in [1.807, 2.05) is 11.6 Å². The largest absolute Gasteiger partial charge is 0.321 e. The highest BCUT2D eigenvalue weighted by atomic mass is 32.1. The Morgan fingerprint density at radius 1 is 1.38 bits per heavy atom. The predicted molar refractivity (Wildman–Crippen MR) is 65.6 cm³/mol. The zero-order valence-corrected chi connectivity index (χ0v) is 10.2. The third-order valence-electron chi connectivity index (χ3n) is 2.50. The fourth-order valence-corrected chi connectivity index (χ4v) is 2.23. The molecule has 0 aliphatic heterocycles. The summed E-state index contributed by atoms with van der Waals surface area (Å²) in [5.41, 5.74) is 1.41. The van der Waals surface area contributed by atoms with Crippen molar-refractivity contribution in [3.05, 3.63) is 34.5 Å². The van der Waals surface area contributed by atoms with Crippen LogP contribution in [0, 0.1) is 0 Å². The molecule has 0 fully saturated rings. The third-order valence-corrected chi connectivity index (χ3v) is 3.23. The van der Waals surface area contributed by atoms with Gasteiger partial charge in [-0.3, -0.25) is 0 Å². The SMILES string of the molecule is Cn1cnnc1CCNCCc1ccsc1. The van der Waals surface area contributed by atoms with Gasteiger partial charge in [0.15, 0.2) is 0 Å². The molecule has 2 aromatic rings. The van der Waals surface area contributed by atoms with E-state index < -0.39 is 0 Å². The first-order valence-corrected chi connectivity index (χ1v) is 6.35. The van der Waals surface area contributed by atoms with Crippen molar-refractivity contribution in [3.8, 4) is 0 Å². The molecule has 0 atom stereocenters. The molecule has 2 rings (SSSR count). The first kappa shape index (κ1) is 11.3. The quantitative estimate of drug-likeness (QED) is 0.768. The van der Waals surface area contributed by atoms with Crippen LogP contribution in [0.15, 0.2) is 23.2 Å². The third kappa shape index (κ3) is 3.15. The summed E-state index contributed by atoms with van der Waals surface area (Å²) in [6.07, 6.45) is 3.77. The van der Waals surface area contributed by atoms with Crippen molar-refractivity contribution < 1.29 is 0 Å².